The minimum Gasteiger partial charge on any atom is -0.338 e. The molecule has 1 aliphatic rings. The lowest BCUT2D eigenvalue weighted by molar-refractivity contribution is -0.191. The third kappa shape index (κ3) is 5.73. The van der Waals surface area contributed by atoms with E-state index in [4.69, 9.17) is 16.4 Å². The normalized spacial score (nSPS) is 16.0. The highest BCUT2D eigenvalue weighted by atomic mass is 35.5. The molecular formula is C23H22ClN3O4. The summed E-state index contributed by atoms with van der Waals surface area (Å²) < 4.78 is 0. The zero-order valence-electron chi connectivity index (χ0n) is 17.1. The van der Waals surface area contributed by atoms with Crippen LogP contribution >= 0.6 is 11.6 Å². The number of rotatable bonds is 5. The van der Waals surface area contributed by atoms with Crippen molar-refractivity contribution in [3.8, 4) is 0 Å². The molecule has 0 saturated carbocycles. The van der Waals surface area contributed by atoms with Gasteiger partial charge in [0.1, 0.15) is 0 Å². The Morgan fingerprint density at radius 3 is 2.58 bits per heavy atom. The van der Waals surface area contributed by atoms with Crippen LogP contribution in [0.5, 0.6) is 0 Å². The fraction of sp³-hybridized carbons (Fsp3) is 0.174. The number of nitrogens with one attached hydrogen (secondary N) is 2. The van der Waals surface area contributed by atoms with Gasteiger partial charge < -0.3 is 15.5 Å². The number of hydroxylamine groups is 2. The second-order valence-electron chi connectivity index (χ2n) is 6.89. The van der Waals surface area contributed by atoms with Crippen molar-refractivity contribution in [1.29, 1.82) is 0 Å². The van der Waals surface area contributed by atoms with Crippen molar-refractivity contribution in [3.05, 3.63) is 88.1 Å². The number of amides is 3. The third-order valence-electron chi connectivity index (χ3n) is 4.53. The number of hydrogen-bond donors (Lipinski definition) is 2. The molecule has 2 aromatic rings. The van der Waals surface area contributed by atoms with Gasteiger partial charge in [0.15, 0.2) is 0 Å². The lowest BCUT2D eigenvalue weighted by atomic mass is 9.95. The van der Waals surface area contributed by atoms with Gasteiger partial charge in [-0.2, -0.15) is 5.06 Å². The maximum atomic E-state index is 13.4. The minimum absolute atomic E-state index is 0.0281. The quantitative estimate of drug-likeness (QED) is 0.689. The third-order valence-corrected chi connectivity index (χ3v) is 4.76. The summed E-state index contributed by atoms with van der Waals surface area (Å²) in [6.45, 7) is 2.87. The molecule has 0 radical (unpaired) electrons. The highest BCUT2D eigenvalue weighted by molar-refractivity contribution is 6.30. The van der Waals surface area contributed by atoms with Crippen LogP contribution < -0.4 is 10.6 Å². The van der Waals surface area contributed by atoms with Crippen molar-refractivity contribution >= 4 is 35.6 Å². The molecule has 0 saturated heterocycles. The highest BCUT2D eigenvalue weighted by Crippen LogP contribution is 2.29. The zero-order chi connectivity index (χ0) is 22.4. The number of allylic oxidation sites excluding steroid dienone is 1. The summed E-state index contributed by atoms with van der Waals surface area (Å²) in [4.78, 5) is 42.3. The van der Waals surface area contributed by atoms with Gasteiger partial charge in [-0.3, -0.25) is 9.59 Å². The van der Waals surface area contributed by atoms with Crippen LogP contribution in [-0.4, -0.2) is 29.5 Å². The standard InChI is InChI=1S/C23H22ClN3O4/c1-15-20(21(26-23(30)25-15)18-11-6-12-19(24)14-18)22(29)27(31-16(2)28)13-7-10-17-8-4-3-5-9-17/h3-12,14,21H,13H2,1-2H3,(H2,25,26,30)/b10-7+. The Morgan fingerprint density at radius 2 is 1.90 bits per heavy atom. The zero-order valence-corrected chi connectivity index (χ0v) is 17.8. The summed E-state index contributed by atoms with van der Waals surface area (Å²) in [5.41, 5.74) is 2.18. The van der Waals surface area contributed by atoms with E-state index in [0.717, 1.165) is 10.6 Å². The molecule has 0 fully saturated rings. The van der Waals surface area contributed by atoms with E-state index in [-0.39, 0.29) is 12.1 Å². The van der Waals surface area contributed by atoms with Crippen LogP contribution in [-0.2, 0) is 14.4 Å². The molecule has 2 aromatic carbocycles. The first-order valence-electron chi connectivity index (χ1n) is 9.61. The van der Waals surface area contributed by atoms with Crippen LogP contribution in [0.15, 0.2) is 71.9 Å². The van der Waals surface area contributed by atoms with Crippen LogP contribution in [0.4, 0.5) is 4.79 Å². The van der Waals surface area contributed by atoms with Gasteiger partial charge in [-0.05, 0) is 30.2 Å². The van der Waals surface area contributed by atoms with E-state index in [0.29, 0.717) is 16.3 Å². The smallest absolute Gasteiger partial charge is 0.329 e. The second kappa shape index (κ2) is 9.95. The number of carbonyl (C=O) groups is 3. The summed E-state index contributed by atoms with van der Waals surface area (Å²) in [5, 5.41) is 6.78. The fourth-order valence-corrected chi connectivity index (χ4v) is 3.41. The molecule has 8 heteroatoms. The largest absolute Gasteiger partial charge is 0.338 e. The van der Waals surface area contributed by atoms with Crippen LogP contribution in [0, 0.1) is 0 Å². The molecule has 2 N–H and O–H groups in total. The molecule has 1 atom stereocenters. The molecule has 0 aliphatic carbocycles. The molecular weight excluding hydrogens is 418 g/mol. The Hall–Kier alpha value is -3.58. The molecule has 1 heterocycles. The number of carbonyl (C=O) groups excluding carboxylic acids is 3. The second-order valence-corrected chi connectivity index (χ2v) is 7.32. The molecule has 7 nitrogen and oxygen atoms in total. The lowest BCUT2D eigenvalue weighted by Crippen LogP contribution is -2.48. The van der Waals surface area contributed by atoms with E-state index in [1.54, 1.807) is 37.3 Å². The number of hydrogen-bond acceptors (Lipinski definition) is 4. The molecule has 0 spiro atoms. The average Bonchev–Trinajstić information content (AvgIpc) is 2.72. The molecule has 0 bridgehead atoms. The van der Waals surface area contributed by atoms with Crippen LogP contribution in [0.1, 0.15) is 31.0 Å². The summed E-state index contributed by atoms with van der Waals surface area (Å²) in [6.07, 6.45) is 3.54. The topological polar surface area (TPSA) is 87.7 Å². The predicted octanol–water partition coefficient (Wildman–Crippen LogP) is 3.99. The Morgan fingerprint density at radius 1 is 1.16 bits per heavy atom. The first-order chi connectivity index (χ1) is 14.8. The van der Waals surface area contributed by atoms with E-state index < -0.39 is 23.9 Å². The lowest BCUT2D eigenvalue weighted by Gasteiger charge is -2.31. The Labute approximate surface area is 185 Å². The van der Waals surface area contributed by atoms with Gasteiger partial charge in [0.2, 0.25) is 0 Å². The SMILES string of the molecule is CC(=O)ON(C/C=C/c1ccccc1)C(=O)C1=C(C)NC(=O)NC1c1cccc(Cl)c1. The van der Waals surface area contributed by atoms with Crippen LogP contribution in [0.2, 0.25) is 5.02 Å². The van der Waals surface area contributed by atoms with E-state index in [2.05, 4.69) is 10.6 Å². The monoisotopic (exact) mass is 439 g/mol. The van der Waals surface area contributed by atoms with Crippen molar-refractivity contribution in [1.82, 2.24) is 15.7 Å². The Kier molecular flexibility index (Phi) is 7.10. The van der Waals surface area contributed by atoms with Crippen molar-refractivity contribution in [2.75, 3.05) is 6.54 Å². The van der Waals surface area contributed by atoms with E-state index in [1.807, 2.05) is 36.4 Å². The molecule has 1 unspecified atom stereocenters. The number of halogens is 1. The molecule has 3 amide bonds. The molecule has 31 heavy (non-hydrogen) atoms. The predicted molar refractivity (Wildman–Crippen MR) is 118 cm³/mol. The van der Waals surface area contributed by atoms with Crippen LogP contribution in [0.25, 0.3) is 6.08 Å². The average molecular weight is 440 g/mol. The Bertz CT molecular complexity index is 1050. The summed E-state index contributed by atoms with van der Waals surface area (Å²) in [6, 6.07) is 15.2. The molecule has 160 valence electrons. The first kappa shape index (κ1) is 22.1. The Balaban J connectivity index is 1.91. The maximum Gasteiger partial charge on any atom is 0.329 e. The van der Waals surface area contributed by atoms with Gasteiger partial charge in [-0.25, -0.2) is 4.79 Å². The van der Waals surface area contributed by atoms with Gasteiger partial charge >= 0.3 is 12.0 Å². The van der Waals surface area contributed by atoms with Crippen molar-refractivity contribution in [2.24, 2.45) is 0 Å². The fourth-order valence-electron chi connectivity index (χ4n) is 3.21. The number of urea groups is 1. The molecule has 0 aromatic heterocycles. The van der Waals surface area contributed by atoms with Crippen molar-refractivity contribution < 1.29 is 19.2 Å². The summed E-state index contributed by atoms with van der Waals surface area (Å²) >= 11 is 6.10. The first-order valence-corrected chi connectivity index (χ1v) is 9.98. The van der Waals surface area contributed by atoms with Gasteiger partial charge in [-0.15, -0.1) is 0 Å². The summed E-state index contributed by atoms with van der Waals surface area (Å²) in [7, 11) is 0. The maximum absolute atomic E-state index is 13.4. The number of nitrogens with zero attached hydrogens (tertiary/aromatic N) is 1. The van der Waals surface area contributed by atoms with Gasteiger partial charge in [0.25, 0.3) is 5.91 Å². The van der Waals surface area contributed by atoms with Crippen LogP contribution in [0.3, 0.4) is 0 Å². The molecule has 3 rings (SSSR count). The molecule has 1 aliphatic heterocycles. The van der Waals surface area contributed by atoms with Gasteiger partial charge in [0.05, 0.1) is 18.2 Å². The van der Waals surface area contributed by atoms with E-state index in [9.17, 15) is 14.4 Å². The highest BCUT2D eigenvalue weighted by Gasteiger charge is 2.34. The van der Waals surface area contributed by atoms with E-state index >= 15 is 0 Å². The number of benzene rings is 2. The van der Waals surface area contributed by atoms with Crippen molar-refractivity contribution in [3.63, 3.8) is 0 Å². The van der Waals surface area contributed by atoms with E-state index in [1.165, 1.54) is 6.92 Å². The van der Waals surface area contributed by atoms with Gasteiger partial charge in [-0.1, -0.05) is 66.2 Å². The van der Waals surface area contributed by atoms with Crippen molar-refractivity contribution in [2.45, 2.75) is 19.9 Å². The van der Waals surface area contributed by atoms with Gasteiger partial charge in [0, 0.05) is 17.6 Å². The summed E-state index contributed by atoms with van der Waals surface area (Å²) in [5.74, 6) is -1.19. The minimum atomic E-state index is -0.754.